The van der Waals surface area contributed by atoms with Gasteiger partial charge in [0.25, 0.3) is 5.91 Å². The van der Waals surface area contributed by atoms with Crippen LogP contribution in [0.15, 0.2) is 91.5 Å². The van der Waals surface area contributed by atoms with Crippen LogP contribution in [0.2, 0.25) is 0 Å². The van der Waals surface area contributed by atoms with E-state index in [4.69, 9.17) is 4.74 Å². The van der Waals surface area contributed by atoms with E-state index in [2.05, 4.69) is 10.3 Å². The number of carbonyl (C=O) groups excluding carboxylic acids is 1. The van der Waals surface area contributed by atoms with E-state index in [0.29, 0.717) is 5.56 Å². The van der Waals surface area contributed by atoms with Gasteiger partial charge in [0.15, 0.2) is 0 Å². The zero-order chi connectivity index (χ0) is 20.5. The van der Waals surface area contributed by atoms with Crippen LogP contribution in [0.25, 0.3) is 5.69 Å². The zero-order valence-electron chi connectivity index (χ0n) is 16.4. The van der Waals surface area contributed by atoms with Crippen LogP contribution in [0.4, 0.5) is 11.4 Å². The normalized spacial score (nSPS) is 15.4. The van der Waals surface area contributed by atoms with Gasteiger partial charge in [-0.1, -0.05) is 24.3 Å². The summed E-state index contributed by atoms with van der Waals surface area (Å²) in [5, 5.41) is 3.53. The Kier molecular flexibility index (Phi) is 4.44. The minimum absolute atomic E-state index is 0.0433. The molecular formula is C24H20N4O2. The van der Waals surface area contributed by atoms with Crippen molar-refractivity contribution in [2.75, 3.05) is 17.3 Å². The lowest BCUT2D eigenvalue weighted by Gasteiger charge is -2.38. The van der Waals surface area contributed by atoms with Gasteiger partial charge in [0.2, 0.25) is 0 Å². The van der Waals surface area contributed by atoms with E-state index in [1.807, 2.05) is 83.6 Å². The fourth-order valence-electron chi connectivity index (χ4n) is 3.74. The number of nitrogens with zero attached hydrogens (tertiary/aromatic N) is 3. The van der Waals surface area contributed by atoms with Crippen molar-refractivity contribution in [3.8, 4) is 11.4 Å². The van der Waals surface area contributed by atoms with Gasteiger partial charge in [-0.2, -0.15) is 0 Å². The van der Waals surface area contributed by atoms with Crippen molar-refractivity contribution in [3.05, 3.63) is 103 Å². The number of nitrogens with one attached hydrogen (secondary N) is 1. The molecule has 1 unspecified atom stereocenters. The lowest BCUT2D eigenvalue weighted by atomic mass is 10.0. The Balaban J connectivity index is 1.57. The maximum Gasteiger partial charge on any atom is 0.262 e. The summed E-state index contributed by atoms with van der Waals surface area (Å²) in [5.74, 6) is 0.705. The van der Waals surface area contributed by atoms with Crippen LogP contribution in [0, 0.1) is 0 Å². The summed E-state index contributed by atoms with van der Waals surface area (Å²) in [5.41, 5.74) is 4.27. The molecule has 1 N–H and O–H groups in total. The Hall–Kier alpha value is -4.06. The molecule has 6 heteroatoms. The number of carbonyl (C=O) groups is 1. The molecule has 148 valence electrons. The first-order chi connectivity index (χ1) is 14.7. The first kappa shape index (κ1) is 18.0. The molecule has 2 heterocycles. The van der Waals surface area contributed by atoms with E-state index in [1.54, 1.807) is 24.5 Å². The number of amides is 1. The Morgan fingerprint density at radius 2 is 1.67 bits per heavy atom. The number of aromatic nitrogens is 2. The number of para-hydroxylation sites is 1. The first-order valence-electron chi connectivity index (χ1n) is 9.66. The van der Waals surface area contributed by atoms with Crippen LogP contribution in [0.3, 0.4) is 0 Å². The third-order valence-corrected chi connectivity index (χ3v) is 5.29. The number of imidazole rings is 1. The summed E-state index contributed by atoms with van der Waals surface area (Å²) in [4.78, 5) is 19.3. The topological polar surface area (TPSA) is 59.4 Å². The fraction of sp³-hybridized carbons (Fsp3) is 0.0833. The number of methoxy groups -OCH3 is 1. The molecule has 5 rings (SSSR count). The van der Waals surface area contributed by atoms with Gasteiger partial charge in [0.1, 0.15) is 11.9 Å². The summed E-state index contributed by atoms with van der Waals surface area (Å²) in [6.45, 7) is 0. The van der Waals surface area contributed by atoms with Crippen LogP contribution in [0.1, 0.15) is 22.1 Å². The lowest BCUT2D eigenvalue weighted by Crippen LogP contribution is -2.43. The van der Waals surface area contributed by atoms with Gasteiger partial charge >= 0.3 is 0 Å². The molecule has 0 radical (unpaired) electrons. The maximum absolute atomic E-state index is 13.5. The quantitative estimate of drug-likeness (QED) is 0.545. The van der Waals surface area contributed by atoms with Crippen molar-refractivity contribution in [1.29, 1.82) is 0 Å². The van der Waals surface area contributed by atoms with Crippen LogP contribution in [0.5, 0.6) is 5.75 Å². The van der Waals surface area contributed by atoms with Gasteiger partial charge in [-0.25, -0.2) is 4.98 Å². The molecule has 30 heavy (non-hydrogen) atoms. The Morgan fingerprint density at radius 1 is 0.933 bits per heavy atom. The van der Waals surface area contributed by atoms with Crippen molar-refractivity contribution in [1.82, 2.24) is 9.55 Å². The molecule has 1 atom stereocenters. The van der Waals surface area contributed by atoms with Crippen LogP contribution < -0.4 is 15.0 Å². The van der Waals surface area contributed by atoms with Crippen molar-refractivity contribution < 1.29 is 9.53 Å². The summed E-state index contributed by atoms with van der Waals surface area (Å²) in [6, 6.07) is 23.2. The maximum atomic E-state index is 13.5. The van der Waals surface area contributed by atoms with E-state index in [9.17, 15) is 4.79 Å². The Morgan fingerprint density at radius 3 is 2.37 bits per heavy atom. The van der Waals surface area contributed by atoms with Crippen LogP contribution in [-0.4, -0.2) is 22.6 Å². The molecule has 1 aromatic heterocycles. The molecule has 1 aliphatic heterocycles. The summed E-state index contributed by atoms with van der Waals surface area (Å²) >= 11 is 0. The van der Waals surface area contributed by atoms with Gasteiger partial charge in [0.05, 0.1) is 19.0 Å². The highest BCUT2D eigenvalue weighted by atomic mass is 16.5. The molecule has 0 aliphatic carbocycles. The van der Waals surface area contributed by atoms with Gasteiger partial charge in [-0.3, -0.25) is 9.69 Å². The number of ether oxygens (including phenoxy) is 1. The van der Waals surface area contributed by atoms with Crippen LogP contribution in [-0.2, 0) is 0 Å². The molecule has 0 fully saturated rings. The van der Waals surface area contributed by atoms with Crippen molar-refractivity contribution in [3.63, 3.8) is 0 Å². The fourth-order valence-corrected chi connectivity index (χ4v) is 3.74. The second-order valence-electron chi connectivity index (χ2n) is 7.03. The molecule has 3 aromatic carbocycles. The Labute approximate surface area is 174 Å². The van der Waals surface area contributed by atoms with Gasteiger partial charge in [-0.05, 0) is 54.1 Å². The smallest absolute Gasteiger partial charge is 0.262 e. The first-order valence-corrected chi connectivity index (χ1v) is 9.66. The number of hydrogen-bond acceptors (Lipinski definition) is 4. The summed E-state index contributed by atoms with van der Waals surface area (Å²) in [7, 11) is 1.63. The van der Waals surface area contributed by atoms with E-state index in [1.165, 1.54) is 0 Å². The molecule has 1 amide bonds. The Bertz CT molecular complexity index is 1170. The third kappa shape index (κ3) is 3.08. The number of benzene rings is 3. The minimum Gasteiger partial charge on any atom is -0.497 e. The molecular weight excluding hydrogens is 376 g/mol. The number of anilines is 2. The molecule has 0 saturated heterocycles. The predicted octanol–water partition coefficient (Wildman–Crippen LogP) is 4.65. The monoisotopic (exact) mass is 396 g/mol. The number of rotatable bonds is 4. The van der Waals surface area contributed by atoms with E-state index in [0.717, 1.165) is 28.4 Å². The minimum atomic E-state index is -0.336. The van der Waals surface area contributed by atoms with Crippen molar-refractivity contribution in [2.45, 2.75) is 6.17 Å². The SMILES string of the molecule is COc1ccc(N2C(=O)c3ccccc3NC2c2ccc(-n3ccnc3)cc2)cc1. The molecule has 0 spiro atoms. The second kappa shape index (κ2) is 7.40. The third-order valence-electron chi connectivity index (χ3n) is 5.29. The number of hydrogen-bond donors (Lipinski definition) is 1. The number of fused-ring (bicyclic) bond motifs is 1. The van der Waals surface area contributed by atoms with Crippen LogP contribution >= 0.6 is 0 Å². The average molecular weight is 396 g/mol. The van der Waals surface area contributed by atoms with E-state index < -0.39 is 0 Å². The average Bonchev–Trinajstić information content (AvgIpc) is 3.34. The molecule has 0 saturated carbocycles. The largest absolute Gasteiger partial charge is 0.497 e. The van der Waals surface area contributed by atoms with E-state index in [-0.39, 0.29) is 12.1 Å². The lowest BCUT2D eigenvalue weighted by molar-refractivity contribution is 0.0975. The second-order valence-corrected chi connectivity index (χ2v) is 7.03. The molecule has 4 aromatic rings. The summed E-state index contributed by atoms with van der Waals surface area (Å²) < 4.78 is 7.22. The summed E-state index contributed by atoms with van der Waals surface area (Å²) in [6.07, 6.45) is 5.07. The van der Waals surface area contributed by atoms with Gasteiger partial charge < -0.3 is 14.6 Å². The molecule has 6 nitrogen and oxygen atoms in total. The van der Waals surface area contributed by atoms with E-state index >= 15 is 0 Å². The van der Waals surface area contributed by atoms with Gasteiger partial charge in [0, 0.05) is 29.5 Å². The van der Waals surface area contributed by atoms with Crippen molar-refractivity contribution >= 4 is 17.3 Å². The predicted molar refractivity (Wildman–Crippen MR) is 116 cm³/mol. The zero-order valence-corrected chi connectivity index (χ0v) is 16.4. The highest BCUT2D eigenvalue weighted by Gasteiger charge is 2.34. The highest BCUT2D eigenvalue weighted by molar-refractivity contribution is 6.12. The standard InChI is InChI=1S/C24H20N4O2/c1-30-20-12-10-19(11-13-20)28-23(26-22-5-3-2-4-21(22)24(28)29)17-6-8-18(9-7-17)27-15-14-25-16-27/h2-16,23,26H,1H3. The van der Waals surface area contributed by atoms with Crippen molar-refractivity contribution in [2.24, 2.45) is 0 Å². The molecule has 1 aliphatic rings. The van der Waals surface area contributed by atoms with Gasteiger partial charge in [-0.15, -0.1) is 0 Å². The highest BCUT2D eigenvalue weighted by Crippen LogP contribution is 2.37. The molecule has 0 bridgehead atoms.